The smallest absolute Gasteiger partial charge is 0.249 e. The van der Waals surface area contributed by atoms with E-state index in [1.165, 1.54) is 16.3 Å². The van der Waals surface area contributed by atoms with E-state index >= 15 is 0 Å². The maximum atomic E-state index is 11.4. The number of benzene rings is 2. The standard InChI is InChI=1S/C14H11NO/c15-14(16)12-8-7-10-4-1-3-9-5-2-6-11(12)13(9)10/h1-6,8H,7H2,(H2,15,16). The minimum atomic E-state index is -0.345. The van der Waals surface area contributed by atoms with Crippen molar-refractivity contribution in [2.75, 3.05) is 0 Å². The maximum absolute atomic E-state index is 11.4. The first kappa shape index (κ1) is 9.16. The number of carbonyl (C=O) groups excluding carboxylic acids is 1. The van der Waals surface area contributed by atoms with Crippen molar-refractivity contribution in [3.63, 3.8) is 0 Å². The van der Waals surface area contributed by atoms with Crippen LogP contribution < -0.4 is 5.73 Å². The Kier molecular flexibility index (Phi) is 1.83. The lowest BCUT2D eigenvalue weighted by atomic mass is 9.88. The highest BCUT2D eigenvalue weighted by molar-refractivity contribution is 6.23. The predicted octanol–water partition coefficient (Wildman–Crippen LogP) is 2.26. The minimum Gasteiger partial charge on any atom is -0.366 e. The summed E-state index contributed by atoms with van der Waals surface area (Å²) >= 11 is 0. The normalized spacial score (nSPS) is 13.6. The van der Waals surface area contributed by atoms with Gasteiger partial charge in [0.1, 0.15) is 0 Å². The van der Waals surface area contributed by atoms with Gasteiger partial charge in [0, 0.05) is 5.57 Å². The van der Waals surface area contributed by atoms with Crippen molar-refractivity contribution in [1.29, 1.82) is 0 Å². The molecule has 1 aliphatic rings. The molecule has 0 spiro atoms. The third kappa shape index (κ3) is 1.16. The zero-order valence-electron chi connectivity index (χ0n) is 8.73. The number of rotatable bonds is 1. The fourth-order valence-electron chi connectivity index (χ4n) is 2.37. The van der Waals surface area contributed by atoms with Crippen molar-refractivity contribution in [2.24, 2.45) is 5.73 Å². The van der Waals surface area contributed by atoms with Crippen LogP contribution in [0.25, 0.3) is 16.3 Å². The van der Waals surface area contributed by atoms with Crippen LogP contribution in [0, 0.1) is 0 Å². The second-order valence-electron chi connectivity index (χ2n) is 4.01. The Bertz CT molecular complexity index is 620. The molecule has 0 saturated carbocycles. The highest BCUT2D eigenvalue weighted by atomic mass is 16.1. The molecule has 0 heterocycles. The maximum Gasteiger partial charge on any atom is 0.249 e. The predicted molar refractivity (Wildman–Crippen MR) is 64.8 cm³/mol. The van der Waals surface area contributed by atoms with Crippen molar-refractivity contribution < 1.29 is 4.79 Å². The summed E-state index contributed by atoms with van der Waals surface area (Å²) in [5.41, 5.74) is 8.26. The Morgan fingerprint density at radius 1 is 1.12 bits per heavy atom. The van der Waals surface area contributed by atoms with Crippen LogP contribution >= 0.6 is 0 Å². The molecule has 16 heavy (non-hydrogen) atoms. The number of hydrogen-bond donors (Lipinski definition) is 1. The second kappa shape index (κ2) is 3.20. The number of carbonyl (C=O) groups is 1. The van der Waals surface area contributed by atoms with Gasteiger partial charge in [0.15, 0.2) is 0 Å². The molecule has 2 N–H and O–H groups in total. The van der Waals surface area contributed by atoms with Gasteiger partial charge < -0.3 is 5.73 Å². The van der Waals surface area contributed by atoms with Gasteiger partial charge in [-0.3, -0.25) is 4.79 Å². The third-order valence-electron chi connectivity index (χ3n) is 3.07. The van der Waals surface area contributed by atoms with E-state index in [1.54, 1.807) is 0 Å². The van der Waals surface area contributed by atoms with Crippen LogP contribution in [-0.4, -0.2) is 5.91 Å². The van der Waals surface area contributed by atoms with E-state index < -0.39 is 0 Å². The number of primary amides is 1. The number of hydrogen-bond acceptors (Lipinski definition) is 1. The fourth-order valence-corrected chi connectivity index (χ4v) is 2.37. The van der Waals surface area contributed by atoms with Crippen molar-refractivity contribution in [2.45, 2.75) is 6.42 Å². The van der Waals surface area contributed by atoms with Crippen molar-refractivity contribution in [3.8, 4) is 0 Å². The molecule has 1 aliphatic carbocycles. The van der Waals surface area contributed by atoms with Gasteiger partial charge >= 0.3 is 0 Å². The summed E-state index contributed by atoms with van der Waals surface area (Å²) in [7, 11) is 0. The fraction of sp³-hybridized carbons (Fsp3) is 0.0714. The Morgan fingerprint density at radius 3 is 2.62 bits per heavy atom. The average molecular weight is 209 g/mol. The van der Waals surface area contributed by atoms with Gasteiger partial charge in [-0.25, -0.2) is 0 Å². The number of amides is 1. The Balaban J connectivity index is 2.41. The van der Waals surface area contributed by atoms with Crippen LogP contribution in [0.3, 0.4) is 0 Å². The molecule has 2 aromatic carbocycles. The number of nitrogens with two attached hydrogens (primary N) is 1. The second-order valence-corrected chi connectivity index (χ2v) is 4.01. The molecule has 0 radical (unpaired) electrons. The molecule has 2 nitrogen and oxygen atoms in total. The van der Waals surface area contributed by atoms with E-state index in [0.29, 0.717) is 5.57 Å². The van der Waals surface area contributed by atoms with Crippen molar-refractivity contribution in [3.05, 3.63) is 53.6 Å². The van der Waals surface area contributed by atoms with Crippen LogP contribution in [0.5, 0.6) is 0 Å². The average Bonchev–Trinajstić information content (AvgIpc) is 2.30. The Hall–Kier alpha value is -2.09. The molecular weight excluding hydrogens is 198 g/mol. The Morgan fingerprint density at radius 2 is 1.88 bits per heavy atom. The van der Waals surface area contributed by atoms with Crippen molar-refractivity contribution in [1.82, 2.24) is 0 Å². The lowest BCUT2D eigenvalue weighted by Crippen LogP contribution is -2.15. The van der Waals surface area contributed by atoms with E-state index in [2.05, 4.69) is 18.2 Å². The van der Waals surface area contributed by atoms with E-state index in [-0.39, 0.29) is 5.91 Å². The van der Waals surface area contributed by atoms with Gasteiger partial charge in [0.25, 0.3) is 0 Å². The van der Waals surface area contributed by atoms with Gasteiger partial charge in [-0.1, -0.05) is 42.5 Å². The van der Waals surface area contributed by atoms with Crippen molar-refractivity contribution >= 4 is 22.3 Å². The van der Waals surface area contributed by atoms with E-state index in [9.17, 15) is 4.79 Å². The molecule has 0 aliphatic heterocycles. The molecule has 2 aromatic rings. The zero-order chi connectivity index (χ0) is 11.1. The lowest BCUT2D eigenvalue weighted by molar-refractivity contribution is -0.112. The third-order valence-corrected chi connectivity index (χ3v) is 3.07. The molecule has 0 saturated heterocycles. The van der Waals surface area contributed by atoms with Crippen LogP contribution in [-0.2, 0) is 11.2 Å². The highest BCUT2D eigenvalue weighted by Gasteiger charge is 2.17. The molecule has 0 bridgehead atoms. The number of allylic oxidation sites excluding steroid dienone is 1. The molecule has 2 heteroatoms. The van der Waals surface area contributed by atoms with Gasteiger partial charge in [-0.2, -0.15) is 0 Å². The SMILES string of the molecule is NC(=O)C1=CCc2cccc3cccc1c23. The lowest BCUT2D eigenvalue weighted by Gasteiger charge is -2.16. The molecule has 3 rings (SSSR count). The van der Waals surface area contributed by atoms with Crippen LogP contribution in [0.15, 0.2) is 42.5 Å². The molecule has 0 atom stereocenters. The first-order valence-corrected chi connectivity index (χ1v) is 5.28. The molecule has 1 amide bonds. The van der Waals surface area contributed by atoms with Gasteiger partial charge in [-0.05, 0) is 28.3 Å². The zero-order valence-corrected chi connectivity index (χ0v) is 8.73. The van der Waals surface area contributed by atoms with Gasteiger partial charge in [-0.15, -0.1) is 0 Å². The van der Waals surface area contributed by atoms with E-state index in [0.717, 1.165) is 12.0 Å². The van der Waals surface area contributed by atoms with Gasteiger partial charge in [0.05, 0.1) is 0 Å². The van der Waals surface area contributed by atoms with Crippen LogP contribution in [0.2, 0.25) is 0 Å². The van der Waals surface area contributed by atoms with Crippen LogP contribution in [0.1, 0.15) is 11.1 Å². The first-order chi connectivity index (χ1) is 7.77. The van der Waals surface area contributed by atoms with Crippen LogP contribution in [0.4, 0.5) is 0 Å². The largest absolute Gasteiger partial charge is 0.366 e. The molecule has 0 aromatic heterocycles. The quantitative estimate of drug-likeness (QED) is 0.769. The summed E-state index contributed by atoms with van der Waals surface area (Å²) in [5, 5.41) is 2.34. The summed E-state index contributed by atoms with van der Waals surface area (Å²) in [5.74, 6) is -0.345. The van der Waals surface area contributed by atoms with Gasteiger partial charge in [0.2, 0.25) is 5.91 Å². The molecule has 78 valence electrons. The first-order valence-electron chi connectivity index (χ1n) is 5.28. The topological polar surface area (TPSA) is 43.1 Å². The minimum absolute atomic E-state index is 0.345. The summed E-state index contributed by atoms with van der Waals surface area (Å²) in [6, 6.07) is 12.2. The monoisotopic (exact) mass is 209 g/mol. The van der Waals surface area contributed by atoms with E-state index in [4.69, 9.17) is 5.73 Å². The molecular formula is C14H11NO. The summed E-state index contributed by atoms with van der Waals surface area (Å²) in [6.07, 6.45) is 2.70. The highest BCUT2D eigenvalue weighted by Crippen LogP contribution is 2.32. The summed E-state index contributed by atoms with van der Waals surface area (Å²) in [4.78, 5) is 11.4. The molecule has 0 unspecified atom stereocenters. The van der Waals surface area contributed by atoms with E-state index in [1.807, 2.05) is 24.3 Å². The molecule has 0 fully saturated rings. The summed E-state index contributed by atoms with van der Waals surface area (Å²) < 4.78 is 0. The Labute approximate surface area is 93.4 Å². The summed E-state index contributed by atoms with van der Waals surface area (Å²) in [6.45, 7) is 0.